The van der Waals surface area contributed by atoms with Crippen molar-refractivity contribution in [2.45, 2.75) is 121 Å². The number of nitrogens with two attached hydrogens (primary N) is 6. The Balaban J connectivity index is 0.000000323. The van der Waals surface area contributed by atoms with Crippen LogP contribution in [0.4, 0.5) is 0 Å². The van der Waals surface area contributed by atoms with Crippen molar-refractivity contribution in [3.05, 3.63) is 215 Å². The molecule has 7 aromatic carbocycles. The molecular formula is C76H90N14O12. The Morgan fingerprint density at radius 1 is 0.392 bits per heavy atom. The maximum atomic E-state index is 14.1. The lowest BCUT2D eigenvalue weighted by Crippen LogP contribution is -2.57. The van der Waals surface area contributed by atoms with Gasteiger partial charge in [0.2, 0.25) is 35.4 Å². The average Bonchev–Trinajstić information content (AvgIpc) is 0.837. The predicted molar refractivity (Wildman–Crippen MR) is 390 cm³/mol. The molecule has 0 radical (unpaired) electrons. The highest BCUT2D eigenvalue weighted by atomic mass is 16.3. The van der Waals surface area contributed by atoms with Gasteiger partial charge in [0.1, 0.15) is 60.3 Å². The van der Waals surface area contributed by atoms with Crippen LogP contribution in [-0.4, -0.2) is 131 Å². The molecule has 7 aromatic rings. The number of rotatable bonds is 35. The predicted octanol–water partition coefficient (Wildman–Crippen LogP) is 4.32. The number of hydrogen-bond acceptors (Lipinski definition) is 14. The van der Waals surface area contributed by atoms with Crippen LogP contribution in [0.25, 0.3) is 22.3 Å². The van der Waals surface area contributed by atoms with Crippen LogP contribution in [0, 0.1) is 5.92 Å². The molecule has 0 heterocycles. The molecule has 7 rings (SSSR count). The van der Waals surface area contributed by atoms with Gasteiger partial charge in [-0.15, -0.1) is 0 Å². The van der Waals surface area contributed by atoms with Crippen molar-refractivity contribution in [3.8, 4) is 33.8 Å². The van der Waals surface area contributed by atoms with Crippen molar-refractivity contribution >= 4 is 71.7 Å². The number of aromatic hydroxyl groups is 2. The van der Waals surface area contributed by atoms with Gasteiger partial charge in [0.05, 0.1) is 0 Å². The lowest BCUT2D eigenvalue weighted by molar-refractivity contribution is -0.132. The number of phenols is 2. The topological polar surface area (TPSA) is 464 Å². The van der Waals surface area contributed by atoms with Gasteiger partial charge in [-0.25, -0.2) is 0 Å². The Morgan fingerprint density at radius 2 is 0.755 bits per heavy atom. The number of phenolic OH excluding ortho intramolecular Hbond substituents is 2. The first kappa shape index (κ1) is 78.8. The van der Waals surface area contributed by atoms with E-state index in [0.29, 0.717) is 29.5 Å². The molecule has 0 aliphatic rings. The molecule has 0 aromatic heterocycles. The van der Waals surface area contributed by atoms with Gasteiger partial charge in [0.25, 0.3) is 11.8 Å². The molecule has 0 aliphatic carbocycles. The average molecular weight is 1390 g/mol. The van der Waals surface area contributed by atoms with Crippen LogP contribution in [-0.2, 0) is 57.6 Å². The normalized spacial score (nSPS) is 13.1. The minimum absolute atomic E-state index is 0.00215. The first-order valence-corrected chi connectivity index (χ1v) is 33.2. The fourth-order valence-electron chi connectivity index (χ4n) is 10.7. The van der Waals surface area contributed by atoms with Crippen molar-refractivity contribution < 1.29 is 58.2 Å². The molecule has 8 atom stereocenters. The molecule has 536 valence electrons. The highest BCUT2D eigenvalue weighted by molar-refractivity contribution is 6.01. The van der Waals surface area contributed by atoms with Crippen molar-refractivity contribution in [2.75, 3.05) is 13.1 Å². The van der Waals surface area contributed by atoms with E-state index in [1.165, 1.54) is 24.3 Å². The highest BCUT2D eigenvalue weighted by Gasteiger charge is 2.33. The largest absolute Gasteiger partial charge is 0.508 e. The molecule has 20 N–H and O–H groups in total. The van der Waals surface area contributed by atoms with E-state index in [4.69, 9.17) is 34.4 Å². The zero-order valence-electron chi connectivity index (χ0n) is 57.3. The van der Waals surface area contributed by atoms with Crippen LogP contribution < -0.4 is 66.3 Å². The second-order valence-electron chi connectivity index (χ2n) is 24.9. The van der Waals surface area contributed by atoms with E-state index in [9.17, 15) is 58.2 Å². The van der Waals surface area contributed by atoms with Crippen molar-refractivity contribution in [1.82, 2.24) is 31.9 Å². The fourth-order valence-corrected chi connectivity index (χ4v) is 10.7. The molecule has 4 unspecified atom stereocenters. The smallest absolute Gasteiger partial charge is 0.251 e. The minimum Gasteiger partial charge on any atom is -0.508 e. The number of nitrogens with zero attached hydrogens (tertiary/aromatic N) is 2. The highest BCUT2D eigenvalue weighted by Crippen LogP contribution is 2.27. The number of aliphatic imine (C=N–C) groups is 2. The monoisotopic (exact) mass is 1390 g/mol. The Hall–Kier alpha value is -12.2. The summed E-state index contributed by atoms with van der Waals surface area (Å²) in [7, 11) is 0. The summed E-state index contributed by atoms with van der Waals surface area (Å²) >= 11 is 0. The van der Waals surface area contributed by atoms with Crippen LogP contribution in [0.3, 0.4) is 0 Å². The zero-order valence-corrected chi connectivity index (χ0v) is 57.3. The van der Waals surface area contributed by atoms with Gasteiger partial charge >= 0.3 is 0 Å². The number of aldehydes is 2. The third-order valence-electron chi connectivity index (χ3n) is 16.5. The number of carbonyl (C=O) groups excluding carboxylic acids is 10. The SMILES string of the molecule is CC(C=O)c1cccc(-c2cccc(C(=O)N[C@@H](Cc3ccc(O)cc3)C(=O)N[C@@H](Cc3ccc(O)cc3)C(=O)NC(CCCN=C(N)N)C(N)=O)c2)c1.CC(C=O)c1cccc(-c2cccc(C(=O)N[C@H](C(=O)N[C@@H](CCCN=C(N)N)C(=O)NC(Cc3ccccc3)C(N)=O)C(C)C)c2)c1. The number of primary amides is 2. The summed E-state index contributed by atoms with van der Waals surface area (Å²) in [6.45, 7) is 7.56. The second kappa shape index (κ2) is 39.4. The van der Waals surface area contributed by atoms with Crippen molar-refractivity contribution in [3.63, 3.8) is 0 Å². The number of benzene rings is 7. The lowest BCUT2D eigenvalue weighted by atomic mass is 9.96. The van der Waals surface area contributed by atoms with Gasteiger partial charge in [0.15, 0.2) is 11.9 Å². The quantitative estimate of drug-likeness (QED) is 0.0114. The van der Waals surface area contributed by atoms with Gasteiger partial charge in [0, 0.05) is 55.3 Å². The van der Waals surface area contributed by atoms with Crippen LogP contribution in [0.5, 0.6) is 11.5 Å². The summed E-state index contributed by atoms with van der Waals surface area (Å²) in [5.41, 5.74) is 40.2. The Kier molecular flexibility index (Phi) is 30.4. The van der Waals surface area contributed by atoms with E-state index in [2.05, 4.69) is 41.9 Å². The van der Waals surface area contributed by atoms with Crippen LogP contribution in [0.2, 0.25) is 0 Å². The fraction of sp³-hybridized carbons (Fsp3) is 0.289. The number of amides is 8. The molecule has 0 bridgehead atoms. The van der Waals surface area contributed by atoms with E-state index < -0.39 is 83.5 Å². The standard InChI is InChI=1S/C40H45N7O7.C36H45N7O5/c1-24(23-48)27-5-2-6-28(21-27)29-7-3-8-30(22-29)37(52)46-34(19-25-10-14-31(49)15-11-25)39(54)47-35(20-26-12-16-32(50)17-13-26)38(53)45-33(36(41)51)9-4-18-44-40(42)43;1-22(2)31(43-33(46)28-15-8-14-27(20-28)26-13-7-12-25(19-26)23(3)21-44)35(48)41-29(16-9-17-40-36(38)39)34(47)42-30(32(37)45)18-24-10-5-4-6-11-24/h2-3,5-8,10-17,21-24,33-35,49-50H,4,9,18-20H2,1H3,(H2,41,51)(H,45,53)(H,46,52)(H,47,54)(H4,42,43,44);4-8,10-15,19-23,29-31H,9,16-18H2,1-3H3,(H2,37,45)(H,41,48)(H,42,47)(H,43,46)(H4,38,39,40)/t24?,33?,34-,35-;23?,29-,30?,31-/m00/s1. The van der Waals surface area contributed by atoms with Crippen LogP contribution >= 0.6 is 0 Å². The first-order chi connectivity index (χ1) is 48.7. The Morgan fingerprint density at radius 3 is 1.19 bits per heavy atom. The molecular weight excluding hydrogens is 1300 g/mol. The van der Waals surface area contributed by atoms with Crippen molar-refractivity contribution in [2.24, 2.45) is 50.3 Å². The van der Waals surface area contributed by atoms with E-state index in [1.54, 1.807) is 81.4 Å². The molecule has 8 amide bonds. The number of carbonyl (C=O) groups is 10. The van der Waals surface area contributed by atoms with Gasteiger partial charge in [-0.2, -0.15) is 0 Å². The molecule has 0 saturated heterocycles. The minimum atomic E-state index is -1.25. The summed E-state index contributed by atoms with van der Waals surface area (Å²) in [5.74, 6) is -6.32. The molecule has 26 nitrogen and oxygen atoms in total. The molecule has 0 aliphatic heterocycles. The van der Waals surface area contributed by atoms with E-state index in [-0.39, 0.29) is 91.9 Å². The summed E-state index contributed by atoms with van der Waals surface area (Å²) in [5, 5.41) is 36.0. The van der Waals surface area contributed by atoms with Crippen LogP contribution in [0.15, 0.2) is 186 Å². The second-order valence-corrected chi connectivity index (χ2v) is 24.9. The zero-order chi connectivity index (χ0) is 74.4. The Bertz CT molecular complexity index is 4090. The third kappa shape index (κ3) is 25.3. The summed E-state index contributed by atoms with van der Waals surface area (Å²) < 4.78 is 0. The summed E-state index contributed by atoms with van der Waals surface area (Å²) in [4.78, 5) is 137. The van der Waals surface area contributed by atoms with Gasteiger partial charge in [-0.1, -0.05) is 155 Å². The molecule has 102 heavy (non-hydrogen) atoms. The number of hydrogen-bond donors (Lipinski definition) is 14. The summed E-state index contributed by atoms with van der Waals surface area (Å²) in [6, 6.07) is 43.3. The van der Waals surface area contributed by atoms with E-state index >= 15 is 0 Å². The molecule has 0 fully saturated rings. The van der Waals surface area contributed by atoms with Gasteiger partial charge in [-0.3, -0.25) is 48.3 Å². The van der Waals surface area contributed by atoms with E-state index in [0.717, 1.165) is 51.5 Å². The molecule has 0 spiro atoms. The lowest BCUT2D eigenvalue weighted by Gasteiger charge is -2.26. The van der Waals surface area contributed by atoms with Crippen molar-refractivity contribution in [1.29, 1.82) is 0 Å². The third-order valence-corrected chi connectivity index (χ3v) is 16.5. The summed E-state index contributed by atoms with van der Waals surface area (Å²) in [6.07, 6.45) is 2.78. The maximum absolute atomic E-state index is 14.1. The maximum Gasteiger partial charge on any atom is 0.251 e. The molecule has 0 saturated carbocycles. The molecule has 26 heteroatoms. The van der Waals surface area contributed by atoms with Crippen LogP contribution in [0.1, 0.15) is 114 Å². The number of nitrogens with one attached hydrogen (secondary N) is 6. The first-order valence-electron chi connectivity index (χ1n) is 33.2. The van der Waals surface area contributed by atoms with E-state index in [1.807, 2.05) is 97.9 Å². The van der Waals surface area contributed by atoms with Gasteiger partial charge < -0.3 is 86.1 Å². The van der Waals surface area contributed by atoms with Gasteiger partial charge in [-0.05, 0) is 130 Å². The Labute approximate surface area is 592 Å². The number of guanidine groups is 2.